The Morgan fingerprint density at radius 2 is 1.79 bits per heavy atom. The van der Waals surface area contributed by atoms with Gasteiger partial charge in [-0.3, -0.25) is 9.89 Å². The predicted octanol–water partition coefficient (Wildman–Crippen LogP) is 3.00. The molecule has 0 aliphatic heterocycles. The van der Waals surface area contributed by atoms with Gasteiger partial charge in [0.15, 0.2) is 5.82 Å². The molecule has 1 amide bonds. The topological polar surface area (TPSA) is 106 Å². The van der Waals surface area contributed by atoms with Crippen LogP contribution in [-0.4, -0.2) is 47.0 Å². The zero-order valence-corrected chi connectivity index (χ0v) is 16.1. The van der Waals surface area contributed by atoms with Gasteiger partial charge in [-0.2, -0.15) is 0 Å². The van der Waals surface area contributed by atoms with E-state index in [1.54, 1.807) is 31.4 Å². The Bertz CT molecular complexity index is 955. The lowest BCUT2D eigenvalue weighted by Gasteiger charge is -2.05. The molecule has 0 saturated carbocycles. The molecule has 0 fully saturated rings. The summed E-state index contributed by atoms with van der Waals surface area (Å²) in [4.78, 5) is 27.9. The molecule has 2 aromatic carbocycles. The van der Waals surface area contributed by atoms with E-state index in [1.165, 1.54) is 18.9 Å². The van der Waals surface area contributed by atoms with E-state index < -0.39 is 5.97 Å². The van der Waals surface area contributed by atoms with E-state index in [-0.39, 0.29) is 11.7 Å². The molecule has 9 heteroatoms. The number of carbonyl (C=O) groups is 2. The number of methoxy groups -OCH3 is 2. The van der Waals surface area contributed by atoms with Gasteiger partial charge in [0.25, 0.3) is 0 Å². The van der Waals surface area contributed by atoms with Crippen molar-refractivity contribution in [3.63, 3.8) is 0 Å². The van der Waals surface area contributed by atoms with Crippen LogP contribution < -0.4 is 10.1 Å². The summed E-state index contributed by atoms with van der Waals surface area (Å²) in [7, 11) is 2.93. The first-order chi connectivity index (χ1) is 13.6. The fourth-order valence-electron chi connectivity index (χ4n) is 2.32. The van der Waals surface area contributed by atoms with Crippen molar-refractivity contribution in [1.29, 1.82) is 0 Å². The second-order valence-electron chi connectivity index (χ2n) is 5.60. The van der Waals surface area contributed by atoms with Crippen LogP contribution in [0, 0.1) is 0 Å². The van der Waals surface area contributed by atoms with Crippen LogP contribution in [0.3, 0.4) is 0 Å². The molecule has 0 unspecified atom stereocenters. The van der Waals surface area contributed by atoms with E-state index in [1.807, 2.05) is 24.3 Å². The number of anilines is 1. The van der Waals surface area contributed by atoms with Gasteiger partial charge in [-0.25, -0.2) is 9.78 Å². The first-order valence-electron chi connectivity index (χ1n) is 8.27. The van der Waals surface area contributed by atoms with Crippen molar-refractivity contribution in [2.45, 2.75) is 5.16 Å². The van der Waals surface area contributed by atoms with Crippen molar-refractivity contribution < 1.29 is 19.1 Å². The van der Waals surface area contributed by atoms with E-state index in [9.17, 15) is 9.59 Å². The van der Waals surface area contributed by atoms with E-state index in [0.717, 1.165) is 11.3 Å². The highest BCUT2D eigenvalue weighted by atomic mass is 32.2. The number of amides is 1. The van der Waals surface area contributed by atoms with Gasteiger partial charge in [0, 0.05) is 11.3 Å². The molecule has 1 heterocycles. The Morgan fingerprint density at radius 1 is 1.07 bits per heavy atom. The van der Waals surface area contributed by atoms with Crippen molar-refractivity contribution in [3.05, 3.63) is 54.1 Å². The second-order valence-corrected chi connectivity index (χ2v) is 6.54. The quantitative estimate of drug-likeness (QED) is 0.465. The molecule has 8 nitrogen and oxygen atoms in total. The van der Waals surface area contributed by atoms with Crippen molar-refractivity contribution >= 4 is 29.3 Å². The number of benzene rings is 2. The van der Waals surface area contributed by atoms with Crippen LogP contribution in [-0.2, 0) is 9.53 Å². The number of H-pyrrole nitrogens is 1. The summed E-state index contributed by atoms with van der Waals surface area (Å²) in [6.07, 6.45) is 0. The van der Waals surface area contributed by atoms with Crippen LogP contribution >= 0.6 is 11.8 Å². The Labute approximate surface area is 165 Å². The summed E-state index contributed by atoms with van der Waals surface area (Å²) >= 11 is 1.22. The van der Waals surface area contributed by atoms with Gasteiger partial charge < -0.3 is 14.8 Å². The summed E-state index contributed by atoms with van der Waals surface area (Å²) in [5, 5.41) is 10.2. The summed E-state index contributed by atoms with van der Waals surface area (Å²) in [6.45, 7) is 0. The highest BCUT2D eigenvalue weighted by molar-refractivity contribution is 7.99. The number of rotatable bonds is 7. The minimum Gasteiger partial charge on any atom is -0.497 e. The number of ether oxygens (including phenoxy) is 2. The molecule has 1 aromatic heterocycles. The van der Waals surface area contributed by atoms with Gasteiger partial charge in [0.2, 0.25) is 11.1 Å². The monoisotopic (exact) mass is 398 g/mol. The first-order valence-corrected chi connectivity index (χ1v) is 9.25. The lowest BCUT2D eigenvalue weighted by Crippen LogP contribution is -2.14. The number of aromatic nitrogens is 3. The molecule has 0 bridgehead atoms. The van der Waals surface area contributed by atoms with Crippen molar-refractivity contribution in [3.8, 4) is 17.1 Å². The molecule has 0 aliphatic rings. The largest absolute Gasteiger partial charge is 0.497 e. The number of carbonyl (C=O) groups excluding carboxylic acids is 2. The summed E-state index contributed by atoms with van der Waals surface area (Å²) in [5.41, 5.74) is 1.88. The number of nitrogens with one attached hydrogen (secondary N) is 2. The second kappa shape index (κ2) is 9.05. The number of esters is 1. The molecule has 2 N–H and O–H groups in total. The summed E-state index contributed by atoms with van der Waals surface area (Å²) < 4.78 is 9.77. The normalized spacial score (nSPS) is 10.4. The minimum absolute atomic E-state index is 0.151. The summed E-state index contributed by atoms with van der Waals surface area (Å²) in [5.74, 6) is 0.897. The maximum atomic E-state index is 12.1. The Kier molecular flexibility index (Phi) is 6.28. The molecule has 0 atom stereocenters. The van der Waals surface area contributed by atoms with Gasteiger partial charge in [-0.05, 0) is 48.5 Å². The van der Waals surface area contributed by atoms with E-state index in [4.69, 9.17) is 4.74 Å². The molecule has 0 radical (unpaired) electrons. The smallest absolute Gasteiger partial charge is 0.337 e. The lowest BCUT2D eigenvalue weighted by molar-refractivity contribution is -0.113. The fourth-order valence-corrected chi connectivity index (χ4v) is 2.92. The number of hydrogen-bond donors (Lipinski definition) is 2. The highest BCUT2D eigenvalue weighted by Gasteiger charge is 2.10. The molecular weight excluding hydrogens is 380 g/mol. The first kappa shape index (κ1) is 19.4. The van der Waals surface area contributed by atoms with Crippen LogP contribution in [0.1, 0.15) is 10.4 Å². The van der Waals surface area contributed by atoms with Crippen LogP contribution in [0.25, 0.3) is 11.4 Å². The third kappa shape index (κ3) is 4.89. The predicted molar refractivity (Wildman–Crippen MR) is 106 cm³/mol. The van der Waals surface area contributed by atoms with Gasteiger partial charge in [-0.15, -0.1) is 5.10 Å². The van der Waals surface area contributed by atoms with E-state index in [2.05, 4.69) is 25.2 Å². The average Bonchev–Trinajstić information content (AvgIpc) is 3.21. The lowest BCUT2D eigenvalue weighted by atomic mass is 10.2. The highest BCUT2D eigenvalue weighted by Crippen LogP contribution is 2.22. The van der Waals surface area contributed by atoms with Crippen molar-refractivity contribution in [1.82, 2.24) is 15.2 Å². The van der Waals surface area contributed by atoms with Crippen LogP contribution in [0.2, 0.25) is 0 Å². The molecule has 0 spiro atoms. The van der Waals surface area contributed by atoms with Gasteiger partial charge in [-0.1, -0.05) is 11.8 Å². The molecule has 3 rings (SSSR count). The van der Waals surface area contributed by atoms with Crippen LogP contribution in [0.15, 0.2) is 53.7 Å². The number of nitrogens with zero attached hydrogens (tertiary/aromatic N) is 2. The Hall–Kier alpha value is -3.33. The standard InChI is InChI=1S/C19H18N4O4S/c1-26-15-9-5-12(6-10-15)17-21-19(23-22-17)28-11-16(24)20-14-7-3-13(4-8-14)18(25)27-2/h3-10H,11H2,1-2H3,(H,20,24)(H,21,22,23). The molecule has 144 valence electrons. The maximum absolute atomic E-state index is 12.1. The third-order valence-electron chi connectivity index (χ3n) is 3.75. The van der Waals surface area contributed by atoms with Crippen molar-refractivity contribution in [2.75, 3.05) is 25.3 Å². The molecule has 0 aliphatic carbocycles. The zero-order valence-electron chi connectivity index (χ0n) is 15.3. The fraction of sp³-hybridized carbons (Fsp3) is 0.158. The van der Waals surface area contributed by atoms with E-state index in [0.29, 0.717) is 22.2 Å². The zero-order chi connectivity index (χ0) is 19.9. The Morgan fingerprint density at radius 3 is 2.43 bits per heavy atom. The van der Waals surface area contributed by atoms with Crippen LogP contribution in [0.4, 0.5) is 5.69 Å². The van der Waals surface area contributed by atoms with Gasteiger partial charge >= 0.3 is 5.97 Å². The molecular formula is C19H18N4O4S. The minimum atomic E-state index is -0.425. The number of aromatic amines is 1. The molecule has 3 aromatic rings. The van der Waals surface area contributed by atoms with Crippen LogP contribution in [0.5, 0.6) is 5.75 Å². The molecule has 0 saturated heterocycles. The third-order valence-corrected chi connectivity index (χ3v) is 4.60. The number of hydrogen-bond acceptors (Lipinski definition) is 7. The van der Waals surface area contributed by atoms with Gasteiger partial charge in [0.05, 0.1) is 25.5 Å². The van der Waals surface area contributed by atoms with E-state index >= 15 is 0 Å². The average molecular weight is 398 g/mol. The summed E-state index contributed by atoms with van der Waals surface area (Å²) in [6, 6.07) is 13.9. The Balaban J connectivity index is 1.53. The number of thioether (sulfide) groups is 1. The maximum Gasteiger partial charge on any atom is 0.337 e. The molecule has 28 heavy (non-hydrogen) atoms. The SMILES string of the molecule is COC(=O)c1ccc(NC(=O)CSc2n[nH]c(-c3ccc(OC)cc3)n2)cc1. The van der Waals surface area contributed by atoms with Gasteiger partial charge in [0.1, 0.15) is 5.75 Å². The van der Waals surface area contributed by atoms with Crippen molar-refractivity contribution in [2.24, 2.45) is 0 Å².